The van der Waals surface area contributed by atoms with E-state index in [2.05, 4.69) is 20.0 Å². The first-order valence-corrected chi connectivity index (χ1v) is 11.0. The Morgan fingerprint density at radius 1 is 1.11 bits per heavy atom. The van der Waals surface area contributed by atoms with Gasteiger partial charge in [-0.1, -0.05) is 25.7 Å². The van der Waals surface area contributed by atoms with Gasteiger partial charge in [-0.25, -0.2) is 0 Å². The van der Waals surface area contributed by atoms with E-state index in [1.807, 2.05) is 0 Å². The van der Waals surface area contributed by atoms with E-state index in [-0.39, 0.29) is 0 Å². The highest BCUT2D eigenvalue weighted by Crippen LogP contribution is 2.41. The molecule has 18 heavy (non-hydrogen) atoms. The fourth-order valence-electron chi connectivity index (χ4n) is 3.37. The predicted octanol–water partition coefficient (Wildman–Crippen LogP) is 4.36. The van der Waals surface area contributed by atoms with Gasteiger partial charge in [0.15, 0.2) is 8.32 Å². The molecule has 2 aliphatic rings. The molecule has 0 aromatic carbocycles. The van der Waals surface area contributed by atoms with E-state index in [0.29, 0.717) is 12.2 Å². The molecule has 1 heterocycles. The molecule has 0 N–H and O–H groups in total. The molecule has 106 valence electrons. The van der Waals surface area contributed by atoms with E-state index in [4.69, 9.17) is 9.16 Å². The van der Waals surface area contributed by atoms with Crippen molar-refractivity contribution in [2.24, 2.45) is 5.92 Å². The van der Waals surface area contributed by atoms with Crippen LogP contribution in [0.5, 0.6) is 0 Å². The van der Waals surface area contributed by atoms with Crippen molar-refractivity contribution in [1.29, 1.82) is 0 Å². The van der Waals surface area contributed by atoms with Crippen molar-refractivity contribution in [2.75, 3.05) is 6.61 Å². The maximum atomic E-state index is 5.87. The molecule has 0 bridgehead atoms. The average Bonchev–Trinajstić information content (AvgIpc) is 3.06. The van der Waals surface area contributed by atoms with E-state index in [9.17, 15) is 0 Å². The van der Waals surface area contributed by atoms with Crippen molar-refractivity contribution in [3.8, 4) is 0 Å². The third kappa shape index (κ3) is 4.67. The molecule has 3 atom stereocenters. The second kappa shape index (κ2) is 6.53. The first kappa shape index (κ1) is 14.5. The Morgan fingerprint density at radius 2 is 1.94 bits per heavy atom. The second-order valence-corrected chi connectivity index (χ2v) is 11.0. The van der Waals surface area contributed by atoms with Gasteiger partial charge in [-0.05, 0) is 51.2 Å². The maximum Gasteiger partial charge on any atom is 0.186 e. The van der Waals surface area contributed by atoms with E-state index in [1.165, 1.54) is 51.0 Å². The van der Waals surface area contributed by atoms with E-state index < -0.39 is 8.32 Å². The molecule has 1 aliphatic carbocycles. The molecule has 1 aliphatic heterocycles. The summed E-state index contributed by atoms with van der Waals surface area (Å²) in [4.78, 5) is 0. The lowest BCUT2D eigenvalue weighted by Gasteiger charge is -2.22. The molecular formula is C15H30O2Si. The molecule has 1 saturated carbocycles. The topological polar surface area (TPSA) is 21.8 Å². The molecule has 2 rings (SSSR count). The van der Waals surface area contributed by atoms with Crippen LogP contribution >= 0.6 is 0 Å². The molecular weight excluding hydrogens is 240 g/mol. The van der Waals surface area contributed by atoms with Crippen LogP contribution in [0.1, 0.15) is 51.9 Å². The third-order valence-corrected chi connectivity index (χ3v) is 7.17. The van der Waals surface area contributed by atoms with Gasteiger partial charge in [-0.2, -0.15) is 0 Å². The Labute approximate surface area is 114 Å². The summed E-state index contributed by atoms with van der Waals surface area (Å²) in [7, 11) is -1.32. The molecule has 0 aromatic rings. The minimum Gasteiger partial charge on any atom is -0.418 e. The van der Waals surface area contributed by atoms with Gasteiger partial charge in [0.1, 0.15) is 0 Å². The third-order valence-electron chi connectivity index (χ3n) is 4.54. The van der Waals surface area contributed by atoms with Crippen LogP contribution in [0.4, 0.5) is 0 Å². The van der Waals surface area contributed by atoms with Crippen LogP contribution in [0.15, 0.2) is 0 Å². The Bertz CT molecular complexity index is 255. The van der Waals surface area contributed by atoms with Crippen LogP contribution in [-0.4, -0.2) is 27.1 Å². The van der Waals surface area contributed by atoms with Crippen LogP contribution in [-0.2, 0) is 9.16 Å². The number of ether oxygens (including phenoxy) is 1. The standard InChI is InChI=1S/C15H30O2Si/c1-4-16-18(2,3)11-7-5-6-8-13-9-10-14-15(12-13)17-14/h13-15H,4-12H2,1-3H3. The molecule has 0 spiro atoms. The molecule has 0 radical (unpaired) electrons. The summed E-state index contributed by atoms with van der Waals surface area (Å²) in [6.45, 7) is 7.71. The summed E-state index contributed by atoms with van der Waals surface area (Å²) in [5, 5.41) is 0. The lowest BCUT2D eigenvalue weighted by atomic mass is 9.86. The molecule has 3 unspecified atom stereocenters. The van der Waals surface area contributed by atoms with E-state index in [1.54, 1.807) is 0 Å². The quantitative estimate of drug-likeness (QED) is 0.371. The lowest BCUT2D eigenvalue weighted by Crippen LogP contribution is -2.29. The first-order chi connectivity index (χ1) is 8.61. The van der Waals surface area contributed by atoms with Crippen LogP contribution < -0.4 is 0 Å². The molecule has 0 amide bonds. The number of rotatable bonds is 8. The zero-order valence-corrected chi connectivity index (χ0v) is 13.4. The van der Waals surface area contributed by atoms with E-state index in [0.717, 1.165) is 12.5 Å². The minimum absolute atomic E-state index is 0.660. The highest BCUT2D eigenvalue weighted by Gasteiger charge is 2.43. The van der Waals surface area contributed by atoms with Gasteiger partial charge in [0.05, 0.1) is 12.2 Å². The summed E-state index contributed by atoms with van der Waals surface area (Å²) in [6.07, 6.45) is 11.0. The zero-order valence-electron chi connectivity index (χ0n) is 12.4. The van der Waals surface area contributed by atoms with E-state index >= 15 is 0 Å². The van der Waals surface area contributed by atoms with Crippen molar-refractivity contribution < 1.29 is 9.16 Å². The average molecular weight is 270 g/mol. The van der Waals surface area contributed by atoms with Crippen molar-refractivity contribution in [3.63, 3.8) is 0 Å². The maximum absolute atomic E-state index is 5.87. The lowest BCUT2D eigenvalue weighted by molar-refractivity contribution is 0.325. The fourth-order valence-corrected chi connectivity index (χ4v) is 5.40. The monoisotopic (exact) mass is 270 g/mol. The van der Waals surface area contributed by atoms with Crippen molar-refractivity contribution in [2.45, 2.75) is 83.2 Å². The number of fused-ring (bicyclic) bond motifs is 1. The van der Waals surface area contributed by atoms with Gasteiger partial charge in [0, 0.05) is 6.61 Å². The van der Waals surface area contributed by atoms with Crippen LogP contribution in [0, 0.1) is 5.92 Å². The summed E-state index contributed by atoms with van der Waals surface area (Å²) in [5.41, 5.74) is 0. The Balaban J connectivity index is 1.48. The second-order valence-electron chi connectivity index (χ2n) is 6.68. The van der Waals surface area contributed by atoms with Crippen LogP contribution in [0.3, 0.4) is 0 Å². The Hall–Kier alpha value is 0.137. The van der Waals surface area contributed by atoms with Crippen molar-refractivity contribution in [1.82, 2.24) is 0 Å². The molecule has 2 fully saturated rings. The van der Waals surface area contributed by atoms with Gasteiger partial charge >= 0.3 is 0 Å². The first-order valence-electron chi connectivity index (χ1n) is 7.90. The van der Waals surface area contributed by atoms with Gasteiger partial charge in [-0.3, -0.25) is 0 Å². The summed E-state index contributed by atoms with van der Waals surface area (Å²) in [5.74, 6) is 0.964. The van der Waals surface area contributed by atoms with Crippen LogP contribution in [0.25, 0.3) is 0 Å². The minimum atomic E-state index is -1.32. The fraction of sp³-hybridized carbons (Fsp3) is 1.00. The highest BCUT2D eigenvalue weighted by atomic mass is 28.4. The SMILES string of the molecule is CCO[Si](C)(C)CCCCCC1CCC2OC2C1. The molecule has 0 aromatic heterocycles. The highest BCUT2D eigenvalue weighted by molar-refractivity contribution is 6.71. The van der Waals surface area contributed by atoms with Crippen LogP contribution in [0.2, 0.25) is 19.1 Å². The summed E-state index contributed by atoms with van der Waals surface area (Å²) in [6, 6.07) is 1.33. The Kier molecular flexibility index (Phi) is 5.28. The summed E-state index contributed by atoms with van der Waals surface area (Å²) >= 11 is 0. The largest absolute Gasteiger partial charge is 0.418 e. The van der Waals surface area contributed by atoms with Gasteiger partial charge < -0.3 is 9.16 Å². The predicted molar refractivity (Wildman–Crippen MR) is 78.4 cm³/mol. The molecule has 1 saturated heterocycles. The number of hydrogen-bond donors (Lipinski definition) is 0. The van der Waals surface area contributed by atoms with Gasteiger partial charge in [0.25, 0.3) is 0 Å². The molecule has 3 heteroatoms. The van der Waals surface area contributed by atoms with Gasteiger partial charge in [0.2, 0.25) is 0 Å². The smallest absolute Gasteiger partial charge is 0.186 e. The zero-order chi connectivity index (χ0) is 13.0. The van der Waals surface area contributed by atoms with Gasteiger partial charge in [-0.15, -0.1) is 0 Å². The normalized spacial score (nSPS) is 31.2. The number of unbranched alkanes of at least 4 members (excludes halogenated alkanes) is 2. The van der Waals surface area contributed by atoms with Crippen molar-refractivity contribution in [3.05, 3.63) is 0 Å². The number of hydrogen-bond acceptors (Lipinski definition) is 2. The van der Waals surface area contributed by atoms with Crippen molar-refractivity contribution >= 4 is 8.32 Å². The molecule has 2 nitrogen and oxygen atoms in total. The number of epoxide rings is 1. The summed E-state index contributed by atoms with van der Waals surface area (Å²) < 4.78 is 11.5. The Morgan fingerprint density at radius 3 is 2.67 bits per heavy atom.